The first-order chi connectivity index (χ1) is 13.8. The van der Waals surface area contributed by atoms with Gasteiger partial charge in [-0.2, -0.15) is 0 Å². The molecule has 5 nitrogen and oxygen atoms in total. The second-order valence-corrected chi connectivity index (χ2v) is 10.5. The Bertz CT molecular complexity index is 899. The molecule has 5 atom stereocenters. The minimum absolute atomic E-state index is 0.0171. The third-order valence-corrected chi connectivity index (χ3v) is 8.46. The number of amides is 1. The Kier molecular flexibility index (Phi) is 5.30. The van der Waals surface area contributed by atoms with Crippen LogP contribution in [0.4, 0.5) is 5.69 Å². The maximum Gasteiger partial charge on any atom is 0.225 e. The maximum atomic E-state index is 13.0. The average Bonchev–Trinajstić information content (AvgIpc) is 3.07. The van der Waals surface area contributed by atoms with Crippen molar-refractivity contribution in [2.75, 3.05) is 11.9 Å². The third-order valence-electron chi connectivity index (χ3n) is 7.45. The number of fused-ring (bicyclic) bond motifs is 2. The number of hydrogen-bond donors (Lipinski definition) is 3. The fourth-order valence-electron chi connectivity index (χ4n) is 5.69. The van der Waals surface area contributed by atoms with Gasteiger partial charge in [-0.1, -0.05) is 32.0 Å². The van der Waals surface area contributed by atoms with Crippen LogP contribution in [0.5, 0.6) is 0 Å². The van der Waals surface area contributed by atoms with E-state index in [0.29, 0.717) is 12.8 Å². The van der Waals surface area contributed by atoms with E-state index in [1.165, 1.54) is 4.88 Å². The molecular weight excluding hydrogens is 384 g/mol. The van der Waals surface area contributed by atoms with Crippen molar-refractivity contribution in [1.82, 2.24) is 4.98 Å². The lowest BCUT2D eigenvalue weighted by atomic mass is 9.47. The predicted molar refractivity (Wildman–Crippen MR) is 115 cm³/mol. The summed E-state index contributed by atoms with van der Waals surface area (Å²) >= 11 is 1.69. The molecule has 1 heterocycles. The minimum atomic E-state index is -0.573. The van der Waals surface area contributed by atoms with Gasteiger partial charge in [-0.3, -0.25) is 4.79 Å². The second-order valence-electron chi connectivity index (χ2n) is 9.19. The Morgan fingerprint density at radius 3 is 2.72 bits per heavy atom. The quantitative estimate of drug-likeness (QED) is 0.709. The highest BCUT2D eigenvalue weighted by molar-refractivity contribution is 7.11. The van der Waals surface area contributed by atoms with E-state index in [2.05, 4.69) is 12.2 Å². The molecule has 5 unspecified atom stereocenters. The molecule has 1 saturated carbocycles. The van der Waals surface area contributed by atoms with E-state index < -0.39 is 11.5 Å². The highest BCUT2D eigenvalue weighted by Crippen LogP contribution is 2.62. The summed E-state index contributed by atoms with van der Waals surface area (Å²) in [6.07, 6.45) is 2.10. The molecule has 29 heavy (non-hydrogen) atoms. The Morgan fingerprint density at radius 1 is 1.31 bits per heavy atom. The highest BCUT2D eigenvalue weighted by atomic mass is 32.1. The average molecular weight is 415 g/mol. The largest absolute Gasteiger partial charge is 0.396 e. The zero-order valence-electron chi connectivity index (χ0n) is 17.3. The molecule has 0 saturated heterocycles. The Hall–Kier alpha value is -1.76. The number of thiazole rings is 1. The van der Waals surface area contributed by atoms with Gasteiger partial charge in [0.15, 0.2) is 0 Å². The number of aliphatic hydroxyl groups is 2. The van der Waals surface area contributed by atoms with E-state index >= 15 is 0 Å². The summed E-state index contributed by atoms with van der Waals surface area (Å²) < 4.78 is 0. The van der Waals surface area contributed by atoms with Gasteiger partial charge in [-0.15, -0.1) is 11.3 Å². The zero-order valence-corrected chi connectivity index (χ0v) is 18.1. The van der Waals surface area contributed by atoms with Crippen LogP contribution in [0.1, 0.15) is 54.6 Å². The molecule has 2 aliphatic rings. The molecule has 1 aromatic carbocycles. The maximum absolute atomic E-state index is 13.0. The standard InChI is InChI=1S/C23H30N2O3S/c1-14-24-21-16(11-20(28)25-15-7-5-4-6-8-15)22(2)10-9-19(27)23(3,13-26)18(22)12-17(21)29-14/h4-8,16,18-19,26-27H,9-13H2,1-3H3,(H,25,28). The first kappa shape index (κ1) is 20.5. The molecule has 4 rings (SSSR count). The number of aryl methyl sites for hydroxylation is 1. The number of nitrogens with one attached hydrogen (secondary N) is 1. The monoisotopic (exact) mass is 414 g/mol. The molecule has 1 amide bonds. The van der Waals surface area contributed by atoms with E-state index in [4.69, 9.17) is 4.98 Å². The van der Waals surface area contributed by atoms with Crippen LogP contribution < -0.4 is 5.32 Å². The topological polar surface area (TPSA) is 82.5 Å². The molecule has 1 fully saturated rings. The number of para-hydroxylation sites is 1. The molecule has 0 bridgehead atoms. The van der Waals surface area contributed by atoms with Gasteiger partial charge in [-0.05, 0) is 49.7 Å². The number of benzene rings is 1. The van der Waals surface area contributed by atoms with Crippen molar-refractivity contribution in [3.05, 3.63) is 45.9 Å². The lowest BCUT2D eigenvalue weighted by Gasteiger charge is -2.58. The smallest absolute Gasteiger partial charge is 0.225 e. The van der Waals surface area contributed by atoms with Gasteiger partial charge in [-0.25, -0.2) is 4.98 Å². The molecule has 2 aromatic rings. The Morgan fingerprint density at radius 2 is 2.03 bits per heavy atom. The SMILES string of the molecule is Cc1nc2c(s1)CC1C(C)(CO)C(O)CCC1(C)C2CC(=O)Nc1ccccc1. The summed E-state index contributed by atoms with van der Waals surface area (Å²) in [5, 5.41) is 25.0. The second kappa shape index (κ2) is 7.49. The van der Waals surface area contributed by atoms with Crippen molar-refractivity contribution in [3.8, 4) is 0 Å². The number of aromatic nitrogens is 1. The molecule has 3 N–H and O–H groups in total. The van der Waals surface area contributed by atoms with Crippen LogP contribution in [-0.4, -0.2) is 33.8 Å². The van der Waals surface area contributed by atoms with Gasteiger partial charge in [0, 0.05) is 28.3 Å². The van der Waals surface area contributed by atoms with Crippen molar-refractivity contribution in [1.29, 1.82) is 0 Å². The summed E-state index contributed by atoms with van der Waals surface area (Å²) in [5.41, 5.74) is 1.07. The first-order valence-corrected chi connectivity index (χ1v) is 11.2. The van der Waals surface area contributed by atoms with Gasteiger partial charge < -0.3 is 15.5 Å². The number of rotatable bonds is 4. The molecule has 0 spiro atoms. The molecule has 0 radical (unpaired) electrons. The Labute approximate surface area is 176 Å². The van der Waals surface area contributed by atoms with Crippen LogP contribution in [0, 0.1) is 23.7 Å². The van der Waals surface area contributed by atoms with Crippen molar-refractivity contribution in [3.63, 3.8) is 0 Å². The summed E-state index contributed by atoms with van der Waals surface area (Å²) in [5.74, 6) is 0.0606. The molecule has 0 aliphatic heterocycles. The third kappa shape index (κ3) is 3.41. The van der Waals surface area contributed by atoms with E-state index in [-0.39, 0.29) is 29.8 Å². The lowest BCUT2D eigenvalue weighted by molar-refractivity contribution is -0.143. The number of carbonyl (C=O) groups is 1. The summed E-state index contributed by atoms with van der Waals surface area (Å²) in [6.45, 7) is 6.19. The molecule has 156 valence electrons. The summed E-state index contributed by atoms with van der Waals surface area (Å²) in [7, 11) is 0. The molecule has 1 aromatic heterocycles. The number of carbonyl (C=O) groups excluding carboxylic acids is 1. The fourth-order valence-corrected chi connectivity index (χ4v) is 6.73. The zero-order chi connectivity index (χ0) is 20.8. The van der Waals surface area contributed by atoms with Crippen molar-refractivity contribution >= 4 is 22.9 Å². The summed E-state index contributed by atoms with van der Waals surface area (Å²) in [4.78, 5) is 19.0. The molecular formula is C23H30N2O3S. The normalized spacial score (nSPS) is 33.6. The van der Waals surface area contributed by atoms with E-state index in [0.717, 1.165) is 29.2 Å². The predicted octanol–water partition coefficient (Wildman–Crippen LogP) is 3.90. The van der Waals surface area contributed by atoms with Crippen molar-refractivity contribution in [2.45, 2.75) is 58.5 Å². The molecule has 6 heteroatoms. The van der Waals surface area contributed by atoms with Gasteiger partial charge in [0.25, 0.3) is 0 Å². The van der Waals surface area contributed by atoms with E-state index in [9.17, 15) is 15.0 Å². The van der Waals surface area contributed by atoms with Crippen LogP contribution in [0.2, 0.25) is 0 Å². The number of hydrogen-bond acceptors (Lipinski definition) is 5. The van der Waals surface area contributed by atoms with Crippen LogP contribution in [0.15, 0.2) is 30.3 Å². The fraction of sp³-hybridized carbons (Fsp3) is 0.565. The number of anilines is 1. The van der Waals surface area contributed by atoms with Gasteiger partial charge in [0.1, 0.15) is 0 Å². The van der Waals surface area contributed by atoms with Crippen LogP contribution >= 0.6 is 11.3 Å². The first-order valence-electron chi connectivity index (χ1n) is 10.4. The van der Waals surface area contributed by atoms with Crippen LogP contribution in [0.25, 0.3) is 0 Å². The number of nitrogens with zero attached hydrogens (tertiary/aromatic N) is 1. The van der Waals surface area contributed by atoms with E-state index in [1.54, 1.807) is 11.3 Å². The molecule has 2 aliphatic carbocycles. The Balaban J connectivity index is 1.70. The van der Waals surface area contributed by atoms with Crippen LogP contribution in [-0.2, 0) is 11.2 Å². The lowest BCUT2D eigenvalue weighted by Crippen LogP contribution is -2.57. The minimum Gasteiger partial charge on any atom is -0.396 e. The van der Waals surface area contributed by atoms with Crippen molar-refractivity contribution < 1.29 is 15.0 Å². The highest BCUT2D eigenvalue weighted by Gasteiger charge is 2.59. The van der Waals surface area contributed by atoms with E-state index in [1.807, 2.05) is 44.2 Å². The van der Waals surface area contributed by atoms with Crippen LogP contribution in [0.3, 0.4) is 0 Å². The van der Waals surface area contributed by atoms with Gasteiger partial charge in [0.05, 0.1) is 23.4 Å². The van der Waals surface area contributed by atoms with Gasteiger partial charge >= 0.3 is 0 Å². The summed E-state index contributed by atoms with van der Waals surface area (Å²) in [6, 6.07) is 9.52. The number of aliphatic hydroxyl groups excluding tert-OH is 2. The van der Waals surface area contributed by atoms with Gasteiger partial charge in [0.2, 0.25) is 5.91 Å². The van der Waals surface area contributed by atoms with Crippen molar-refractivity contribution in [2.24, 2.45) is 16.7 Å².